The third-order valence-electron chi connectivity index (χ3n) is 2.52. The van der Waals surface area contributed by atoms with Gasteiger partial charge < -0.3 is 10.2 Å². The van der Waals surface area contributed by atoms with Crippen molar-refractivity contribution in [3.63, 3.8) is 0 Å². The minimum atomic E-state index is 0.692. The lowest BCUT2D eigenvalue weighted by Crippen LogP contribution is -2.25. The molecule has 0 aromatic carbocycles. The van der Waals surface area contributed by atoms with Gasteiger partial charge in [0.05, 0.1) is 0 Å². The molecule has 1 atom stereocenters. The smallest absolute Gasteiger partial charge is 0.00386 e. The molecule has 0 aromatic rings. The fourth-order valence-corrected chi connectivity index (χ4v) is 1.44. The molecule has 0 aliphatic rings. The van der Waals surface area contributed by atoms with Crippen molar-refractivity contribution in [3.8, 4) is 0 Å². The minimum absolute atomic E-state index is 0.692. The van der Waals surface area contributed by atoms with Crippen molar-refractivity contribution in [1.29, 1.82) is 0 Å². The first-order valence-corrected chi connectivity index (χ1v) is 5.62. The first-order valence-electron chi connectivity index (χ1n) is 5.62. The summed E-state index contributed by atoms with van der Waals surface area (Å²) >= 11 is 0. The van der Waals surface area contributed by atoms with Gasteiger partial charge in [0.25, 0.3) is 0 Å². The minimum Gasteiger partial charge on any atom is -0.315 e. The molecule has 0 aliphatic heterocycles. The molecule has 2 nitrogen and oxygen atoms in total. The lowest BCUT2D eigenvalue weighted by Gasteiger charge is -2.15. The normalized spacial score (nSPS) is 13.6. The maximum atomic E-state index is 3.43. The molecule has 0 bridgehead atoms. The molecular weight excluding hydrogens is 160 g/mol. The van der Waals surface area contributed by atoms with Crippen LogP contribution in [0.15, 0.2) is 0 Å². The van der Waals surface area contributed by atoms with Crippen molar-refractivity contribution < 1.29 is 0 Å². The van der Waals surface area contributed by atoms with Crippen LogP contribution in [0, 0.1) is 0 Å². The summed E-state index contributed by atoms with van der Waals surface area (Å²) in [6.45, 7) is 10.2. The topological polar surface area (TPSA) is 15.3 Å². The van der Waals surface area contributed by atoms with Crippen molar-refractivity contribution in [2.75, 3.05) is 26.7 Å². The Kier molecular flexibility index (Phi) is 8.46. The van der Waals surface area contributed by atoms with Crippen LogP contribution in [0.1, 0.15) is 40.0 Å². The summed E-state index contributed by atoms with van der Waals surface area (Å²) in [5.74, 6) is 0. The van der Waals surface area contributed by atoms with Crippen molar-refractivity contribution >= 4 is 0 Å². The highest BCUT2D eigenvalue weighted by Gasteiger charge is 1.99. The summed E-state index contributed by atoms with van der Waals surface area (Å²) in [6, 6.07) is 0.692. The maximum absolute atomic E-state index is 3.43. The van der Waals surface area contributed by atoms with E-state index in [1.165, 1.54) is 32.4 Å². The summed E-state index contributed by atoms with van der Waals surface area (Å²) < 4.78 is 0. The van der Waals surface area contributed by atoms with Crippen LogP contribution in [0.25, 0.3) is 0 Å². The van der Waals surface area contributed by atoms with Gasteiger partial charge in [0, 0.05) is 6.04 Å². The summed E-state index contributed by atoms with van der Waals surface area (Å²) in [6.07, 6.45) is 3.99. The quantitative estimate of drug-likeness (QED) is 0.584. The molecule has 0 aliphatic carbocycles. The molecular formula is C11H26N2. The highest BCUT2D eigenvalue weighted by Crippen LogP contribution is 2.01. The molecule has 0 aromatic heterocycles. The van der Waals surface area contributed by atoms with E-state index in [0.29, 0.717) is 6.04 Å². The second-order valence-corrected chi connectivity index (χ2v) is 3.85. The zero-order valence-corrected chi connectivity index (χ0v) is 9.77. The molecule has 0 saturated carbocycles. The predicted octanol–water partition coefficient (Wildman–Crippen LogP) is 2.11. The van der Waals surface area contributed by atoms with Crippen LogP contribution in [-0.2, 0) is 0 Å². The Hall–Kier alpha value is -0.0800. The van der Waals surface area contributed by atoms with Gasteiger partial charge in [-0.3, -0.25) is 0 Å². The van der Waals surface area contributed by atoms with Gasteiger partial charge in [0.1, 0.15) is 0 Å². The fraction of sp³-hybridized carbons (Fsp3) is 1.00. The number of hydrogen-bond donors (Lipinski definition) is 1. The van der Waals surface area contributed by atoms with E-state index in [0.717, 1.165) is 6.54 Å². The number of hydrogen-bond acceptors (Lipinski definition) is 2. The Labute approximate surface area is 83.7 Å². The average molecular weight is 186 g/mol. The largest absolute Gasteiger partial charge is 0.315 e. The first kappa shape index (κ1) is 12.9. The average Bonchev–Trinajstić information content (AvgIpc) is 2.12. The predicted molar refractivity (Wildman–Crippen MR) is 60.2 cm³/mol. The molecule has 0 heterocycles. The number of rotatable bonds is 8. The second kappa shape index (κ2) is 8.52. The molecule has 0 saturated heterocycles. The van der Waals surface area contributed by atoms with E-state index in [1.54, 1.807) is 0 Å². The summed E-state index contributed by atoms with van der Waals surface area (Å²) in [5, 5.41) is 3.43. The molecule has 0 radical (unpaired) electrons. The van der Waals surface area contributed by atoms with Crippen LogP contribution in [0.2, 0.25) is 0 Å². The Morgan fingerprint density at radius 1 is 1.23 bits per heavy atom. The van der Waals surface area contributed by atoms with E-state index in [2.05, 4.69) is 38.0 Å². The van der Waals surface area contributed by atoms with Crippen molar-refractivity contribution in [3.05, 3.63) is 0 Å². The van der Waals surface area contributed by atoms with E-state index in [1.807, 2.05) is 0 Å². The van der Waals surface area contributed by atoms with Gasteiger partial charge in [-0.15, -0.1) is 0 Å². The number of unbranched alkanes of at least 4 members (excludes halogenated alkanes) is 1. The SMILES string of the molecule is CCNC(C)CCCCN(C)CC. The van der Waals surface area contributed by atoms with Crippen LogP contribution < -0.4 is 5.32 Å². The molecule has 0 fully saturated rings. The van der Waals surface area contributed by atoms with Gasteiger partial charge in [0.15, 0.2) is 0 Å². The molecule has 1 unspecified atom stereocenters. The maximum Gasteiger partial charge on any atom is 0.00386 e. The zero-order valence-electron chi connectivity index (χ0n) is 9.77. The van der Waals surface area contributed by atoms with Gasteiger partial charge in [0.2, 0.25) is 0 Å². The molecule has 0 amide bonds. The van der Waals surface area contributed by atoms with E-state index >= 15 is 0 Å². The van der Waals surface area contributed by atoms with Crippen LogP contribution in [-0.4, -0.2) is 37.6 Å². The molecule has 80 valence electrons. The van der Waals surface area contributed by atoms with Gasteiger partial charge in [-0.25, -0.2) is 0 Å². The van der Waals surface area contributed by atoms with Crippen LogP contribution in [0.5, 0.6) is 0 Å². The lowest BCUT2D eigenvalue weighted by atomic mass is 10.1. The van der Waals surface area contributed by atoms with Gasteiger partial charge in [-0.2, -0.15) is 0 Å². The number of nitrogens with zero attached hydrogens (tertiary/aromatic N) is 1. The van der Waals surface area contributed by atoms with Gasteiger partial charge >= 0.3 is 0 Å². The second-order valence-electron chi connectivity index (χ2n) is 3.85. The molecule has 13 heavy (non-hydrogen) atoms. The van der Waals surface area contributed by atoms with Gasteiger partial charge in [-0.1, -0.05) is 20.3 Å². The summed E-state index contributed by atoms with van der Waals surface area (Å²) in [7, 11) is 2.19. The summed E-state index contributed by atoms with van der Waals surface area (Å²) in [5.41, 5.74) is 0. The Bertz CT molecular complexity index is 104. The highest BCUT2D eigenvalue weighted by molar-refractivity contribution is 4.59. The van der Waals surface area contributed by atoms with E-state index < -0.39 is 0 Å². The monoisotopic (exact) mass is 186 g/mol. The standard InChI is InChI=1S/C11H26N2/c1-5-12-11(3)9-7-8-10-13(4)6-2/h11-12H,5-10H2,1-4H3. The Morgan fingerprint density at radius 2 is 1.92 bits per heavy atom. The highest BCUT2D eigenvalue weighted by atomic mass is 15.1. The third kappa shape index (κ3) is 8.26. The van der Waals surface area contributed by atoms with Crippen LogP contribution >= 0.6 is 0 Å². The number of nitrogens with one attached hydrogen (secondary N) is 1. The fourth-order valence-electron chi connectivity index (χ4n) is 1.44. The molecule has 0 spiro atoms. The molecule has 0 rings (SSSR count). The van der Waals surface area contributed by atoms with E-state index in [4.69, 9.17) is 0 Å². The Morgan fingerprint density at radius 3 is 2.46 bits per heavy atom. The van der Waals surface area contributed by atoms with Crippen LogP contribution in [0.4, 0.5) is 0 Å². The molecule has 1 N–H and O–H groups in total. The zero-order chi connectivity index (χ0) is 10.1. The lowest BCUT2D eigenvalue weighted by molar-refractivity contribution is 0.337. The van der Waals surface area contributed by atoms with Crippen molar-refractivity contribution in [2.24, 2.45) is 0 Å². The molecule has 2 heteroatoms. The van der Waals surface area contributed by atoms with Crippen molar-refractivity contribution in [2.45, 2.75) is 46.1 Å². The van der Waals surface area contributed by atoms with Crippen LogP contribution in [0.3, 0.4) is 0 Å². The Balaban J connectivity index is 3.15. The summed E-state index contributed by atoms with van der Waals surface area (Å²) in [4.78, 5) is 2.37. The van der Waals surface area contributed by atoms with Crippen molar-refractivity contribution in [1.82, 2.24) is 10.2 Å². The third-order valence-corrected chi connectivity index (χ3v) is 2.52. The first-order chi connectivity index (χ1) is 6.20. The van der Waals surface area contributed by atoms with E-state index in [-0.39, 0.29) is 0 Å². The van der Waals surface area contributed by atoms with E-state index in [9.17, 15) is 0 Å². The van der Waals surface area contributed by atoms with Gasteiger partial charge in [-0.05, 0) is 46.4 Å².